The van der Waals surface area contributed by atoms with Crippen molar-refractivity contribution in [1.29, 1.82) is 0 Å². The number of amides is 1. The molecule has 2 aromatic rings. The maximum absolute atomic E-state index is 11.8. The molecule has 0 aliphatic rings. The highest BCUT2D eigenvalue weighted by molar-refractivity contribution is 5.90. The zero-order valence-corrected chi connectivity index (χ0v) is 11.2. The first-order valence-electron chi connectivity index (χ1n) is 6.01. The number of rotatable bonds is 5. The van der Waals surface area contributed by atoms with E-state index in [-0.39, 0.29) is 5.82 Å². The summed E-state index contributed by atoms with van der Waals surface area (Å²) in [4.78, 5) is 29.3. The molecule has 0 aliphatic heterocycles. The van der Waals surface area contributed by atoms with Crippen LogP contribution in [0.3, 0.4) is 0 Å². The van der Waals surface area contributed by atoms with E-state index in [0.29, 0.717) is 18.8 Å². The first kappa shape index (κ1) is 13.8. The van der Waals surface area contributed by atoms with Crippen molar-refractivity contribution < 1.29 is 9.53 Å². The summed E-state index contributed by atoms with van der Waals surface area (Å²) in [6.45, 7) is 0.388. The second-order valence-corrected chi connectivity index (χ2v) is 4.08. The van der Waals surface area contributed by atoms with Crippen molar-refractivity contribution in [2.45, 2.75) is 6.42 Å². The third kappa shape index (κ3) is 3.02. The standard InChI is InChI=1S/C12H15N5O3/c1-17-12(19)15-9(16-17)10(18)13-7-5-8-4-3-6-14-11(8)20-2/h3-4,6H,5,7H2,1-2H3,(H,13,18)(H,15,16,19). The van der Waals surface area contributed by atoms with Crippen molar-refractivity contribution in [1.82, 2.24) is 25.1 Å². The van der Waals surface area contributed by atoms with Gasteiger partial charge in [0.05, 0.1) is 7.11 Å². The molecule has 0 unspecified atom stereocenters. The Morgan fingerprint density at radius 2 is 2.35 bits per heavy atom. The lowest BCUT2D eigenvalue weighted by Crippen LogP contribution is -2.27. The zero-order valence-electron chi connectivity index (χ0n) is 11.2. The predicted molar refractivity (Wildman–Crippen MR) is 70.7 cm³/mol. The normalized spacial score (nSPS) is 10.3. The molecule has 8 nitrogen and oxygen atoms in total. The number of nitrogens with one attached hydrogen (secondary N) is 2. The number of aryl methyl sites for hydroxylation is 1. The topological polar surface area (TPSA) is 102 Å². The van der Waals surface area contributed by atoms with Gasteiger partial charge in [0.1, 0.15) is 0 Å². The maximum Gasteiger partial charge on any atom is 0.343 e. The molecule has 0 aromatic carbocycles. The van der Waals surface area contributed by atoms with E-state index < -0.39 is 11.6 Å². The third-order valence-electron chi connectivity index (χ3n) is 2.71. The van der Waals surface area contributed by atoms with Crippen molar-refractivity contribution in [3.05, 3.63) is 40.2 Å². The summed E-state index contributed by atoms with van der Waals surface area (Å²) in [5, 5.41) is 6.44. The smallest absolute Gasteiger partial charge is 0.343 e. The van der Waals surface area contributed by atoms with Crippen molar-refractivity contribution >= 4 is 5.91 Å². The molecule has 0 saturated carbocycles. The number of hydrogen-bond acceptors (Lipinski definition) is 5. The van der Waals surface area contributed by atoms with E-state index in [1.807, 2.05) is 6.07 Å². The largest absolute Gasteiger partial charge is 0.481 e. The van der Waals surface area contributed by atoms with E-state index in [9.17, 15) is 9.59 Å². The number of hydrogen-bond donors (Lipinski definition) is 2. The fraction of sp³-hybridized carbons (Fsp3) is 0.333. The molecule has 2 rings (SSSR count). The van der Waals surface area contributed by atoms with Crippen molar-refractivity contribution in [2.24, 2.45) is 7.05 Å². The van der Waals surface area contributed by atoms with Crippen LogP contribution in [0.4, 0.5) is 0 Å². The summed E-state index contributed by atoms with van der Waals surface area (Å²) < 4.78 is 6.19. The summed E-state index contributed by atoms with van der Waals surface area (Å²) in [6.07, 6.45) is 2.21. The van der Waals surface area contributed by atoms with E-state index in [0.717, 1.165) is 10.2 Å². The second-order valence-electron chi connectivity index (χ2n) is 4.08. The van der Waals surface area contributed by atoms with Gasteiger partial charge < -0.3 is 10.1 Å². The fourth-order valence-electron chi connectivity index (χ4n) is 1.70. The predicted octanol–water partition coefficient (Wildman–Crippen LogP) is -0.515. The molecule has 2 heterocycles. The van der Waals surface area contributed by atoms with Crippen molar-refractivity contribution in [2.75, 3.05) is 13.7 Å². The minimum atomic E-state index is -0.427. The van der Waals surface area contributed by atoms with E-state index in [2.05, 4.69) is 20.4 Å². The molecule has 8 heteroatoms. The van der Waals surface area contributed by atoms with Gasteiger partial charge in [-0.05, 0) is 12.5 Å². The van der Waals surface area contributed by atoms with Crippen molar-refractivity contribution in [3.8, 4) is 5.88 Å². The summed E-state index contributed by atoms with van der Waals surface area (Å²) in [6, 6.07) is 3.68. The molecule has 0 bridgehead atoms. The summed E-state index contributed by atoms with van der Waals surface area (Å²) >= 11 is 0. The van der Waals surface area contributed by atoms with Gasteiger partial charge in [0.15, 0.2) is 0 Å². The second kappa shape index (κ2) is 6.00. The molecule has 0 fully saturated rings. The minimum Gasteiger partial charge on any atom is -0.481 e. The SMILES string of the molecule is COc1ncccc1CCNC(=O)c1nn(C)c(=O)[nH]1. The Morgan fingerprint density at radius 3 is 3.00 bits per heavy atom. The van der Waals surface area contributed by atoms with Gasteiger partial charge >= 0.3 is 5.69 Å². The Kier molecular flexibility index (Phi) is 4.14. The monoisotopic (exact) mass is 277 g/mol. The number of ether oxygens (including phenoxy) is 1. The van der Waals surface area contributed by atoms with Gasteiger partial charge in [0.2, 0.25) is 11.7 Å². The van der Waals surface area contributed by atoms with Crippen LogP contribution in [0.25, 0.3) is 0 Å². The van der Waals surface area contributed by atoms with Gasteiger partial charge in [0.25, 0.3) is 5.91 Å². The molecule has 20 heavy (non-hydrogen) atoms. The van der Waals surface area contributed by atoms with Crippen LogP contribution >= 0.6 is 0 Å². The molecule has 2 aromatic heterocycles. The van der Waals surface area contributed by atoms with Crippen LogP contribution in [-0.2, 0) is 13.5 Å². The van der Waals surface area contributed by atoms with E-state index in [1.54, 1.807) is 19.4 Å². The van der Waals surface area contributed by atoms with E-state index in [4.69, 9.17) is 4.74 Å². The molecule has 1 amide bonds. The number of carbonyl (C=O) groups excluding carboxylic acids is 1. The number of carbonyl (C=O) groups is 1. The molecule has 2 N–H and O–H groups in total. The number of aromatic nitrogens is 4. The quantitative estimate of drug-likeness (QED) is 0.766. The summed E-state index contributed by atoms with van der Waals surface area (Å²) in [5.41, 5.74) is 0.467. The van der Waals surface area contributed by atoms with Crippen LogP contribution < -0.4 is 15.7 Å². The number of nitrogens with zero attached hydrogens (tertiary/aromatic N) is 3. The molecule has 0 spiro atoms. The molecule has 0 aliphatic carbocycles. The lowest BCUT2D eigenvalue weighted by molar-refractivity contribution is 0.0943. The lowest BCUT2D eigenvalue weighted by Gasteiger charge is -2.07. The molecule has 0 saturated heterocycles. The van der Waals surface area contributed by atoms with Gasteiger partial charge in [-0.25, -0.2) is 14.5 Å². The van der Waals surface area contributed by atoms with Crippen LogP contribution in [0.15, 0.2) is 23.1 Å². The first-order valence-corrected chi connectivity index (χ1v) is 6.01. The molecular weight excluding hydrogens is 262 g/mol. The Labute approximate surface area is 114 Å². The van der Waals surface area contributed by atoms with Crippen LogP contribution in [0.5, 0.6) is 5.88 Å². The Bertz CT molecular complexity index is 661. The number of methoxy groups -OCH3 is 1. The van der Waals surface area contributed by atoms with Crippen LogP contribution in [0, 0.1) is 0 Å². The molecular formula is C12H15N5O3. The average molecular weight is 277 g/mol. The van der Waals surface area contributed by atoms with Gasteiger partial charge in [-0.3, -0.25) is 9.78 Å². The summed E-state index contributed by atoms with van der Waals surface area (Å²) in [7, 11) is 3.01. The van der Waals surface area contributed by atoms with Gasteiger partial charge in [-0.1, -0.05) is 6.07 Å². The highest BCUT2D eigenvalue weighted by Gasteiger charge is 2.11. The lowest BCUT2D eigenvalue weighted by atomic mass is 10.2. The summed E-state index contributed by atoms with van der Waals surface area (Å²) in [5.74, 6) is 0.106. The third-order valence-corrected chi connectivity index (χ3v) is 2.71. The van der Waals surface area contributed by atoms with E-state index in [1.165, 1.54) is 7.05 Å². The van der Waals surface area contributed by atoms with Gasteiger partial charge in [-0.15, -0.1) is 5.10 Å². The minimum absolute atomic E-state index is 0.00403. The van der Waals surface area contributed by atoms with Crippen LogP contribution in [-0.4, -0.2) is 39.3 Å². The fourth-order valence-corrected chi connectivity index (χ4v) is 1.70. The van der Waals surface area contributed by atoms with Gasteiger partial charge in [0, 0.05) is 25.4 Å². The molecule has 106 valence electrons. The Hall–Kier alpha value is -2.64. The zero-order chi connectivity index (χ0) is 14.5. The Balaban J connectivity index is 1.93. The highest BCUT2D eigenvalue weighted by atomic mass is 16.5. The van der Waals surface area contributed by atoms with E-state index >= 15 is 0 Å². The first-order chi connectivity index (χ1) is 9.61. The number of aromatic amines is 1. The van der Waals surface area contributed by atoms with Gasteiger partial charge in [-0.2, -0.15) is 0 Å². The number of pyridine rings is 1. The Morgan fingerprint density at radius 1 is 1.55 bits per heavy atom. The average Bonchev–Trinajstić information content (AvgIpc) is 2.79. The van der Waals surface area contributed by atoms with Crippen LogP contribution in [0.1, 0.15) is 16.2 Å². The van der Waals surface area contributed by atoms with Crippen molar-refractivity contribution in [3.63, 3.8) is 0 Å². The maximum atomic E-state index is 11.8. The molecule has 0 atom stereocenters. The molecule has 0 radical (unpaired) electrons. The number of H-pyrrole nitrogens is 1. The highest BCUT2D eigenvalue weighted by Crippen LogP contribution is 2.13. The van der Waals surface area contributed by atoms with Crippen LogP contribution in [0.2, 0.25) is 0 Å².